The number of carbonyl (C=O) groups is 1. The highest BCUT2D eigenvalue weighted by atomic mass is 35.5. The third-order valence-corrected chi connectivity index (χ3v) is 6.93. The predicted molar refractivity (Wildman–Crippen MR) is 105 cm³/mol. The molecule has 1 saturated heterocycles. The first-order chi connectivity index (χ1) is 13.1. The number of hydrogen-bond donors (Lipinski definition) is 1. The van der Waals surface area contributed by atoms with Crippen LogP contribution in [0.15, 0.2) is 47.1 Å². The number of amides is 2. The Morgan fingerprint density at radius 2 is 1.81 bits per heavy atom. The van der Waals surface area contributed by atoms with Gasteiger partial charge in [-0.1, -0.05) is 23.7 Å². The van der Waals surface area contributed by atoms with Crippen LogP contribution >= 0.6 is 11.6 Å². The van der Waals surface area contributed by atoms with Gasteiger partial charge in [0.15, 0.2) is 0 Å². The molecule has 27 heavy (non-hydrogen) atoms. The van der Waals surface area contributed by atoms with E-state index >= 15 is 0 Å². The lowest BCUT2D eigenvalue weighted by Gasteiger charge is -2.52. The molecule has 5 rings (SSSR count). The zero-order valence-electron chi connectivity index (χ0n) is 15.6. The van der Waals surface area contributed by atoms with Crippen LogP contribution in [-0.2, 0) is 6.54 Å². The van der Waals surface area contributed by atoms with E-state index in [9.17, 15) is 4.79 Å². The lowest BCUT2D eigenvalue weighted by Crippen LogP contribution is -2.66. The van der Waals surface area contributed by atoms with Crippen molar-refractivity contribution in [3.05, 3.63) is 52.7 Å². The van der Waals surface area contributed by atoms with Crippen LogP contribution in [0.4, 0.5) is 4.79 Å². The van der Waals surface area contributed by atoms with Gasteiger partial charge >= 0.3 is 6.03 Å². The van der Waals surface area contributed by atoms with E-state index in [0.29, 0.717) is 18.4 Å². The smallest absolute Gasteiger partial charge is 0.322 e. The van der Waals surface area contributed by atoms with Gasteiger partial charge in [0.25, 0.3) is 0 Å². The van der Waals surface area contributed by atoms with Crippen LogP contribution in [0.2, 0.25) is 0 Å². The standard InChI is InChI=1S/C22H25ClN2O2/c1-27-18-9-2-14(3-10-18)13-25-20-11-8-17(23)12-19(20)22(15-4-5-15,16-6-7-16)24-21(25)26/h2-3,8-11,15-16,19H,4-7,12-13H2,1H3,(H,24,26). The molecule has 0 bridgehead atoms. The second-order valence-electron chi connectivity index (χ2n) is 8.31. The Kier molecular flexibility index (Phi) is 4.01. The minimum Gasteiger partial charge on any atom is -0.497 e. The summed E-state index contributed by atoms with van der Waals surface area (Å²) < 4.78 is 5.25. The Hall–Kier alpha value is -1.94. The third kappa shape index (κ3) is 2.85. The van der Waals surface area contributed by atoms with Crippen molar-refractivity contribution in [2.24, 2.45) is 17.8 Å². The summed E-state index contributed by atoms with van der Waals surface area (Å²) in [6.07, 6.45) is 9.77. The molecule has 0 spiro atoms. The summed E-state index contributed by atoms with van der Waals surface area (Å²) >= 11 is 6.46. The zero-order chi connectivity index (χ0) is 18.6. The van der Waals surface area contributed by atoms with Crippen molar-refractivity contribution in [3.63, 3.8) is 0 Å². The maximum Gasteiger partial charge on any atom is 0.322 e. The van der Waals surface area contributed by atoms with Gasteiger partial charge in [0, 0.05) is 16.6 Å². The average molecular weight is 385 g/mol. The molecule has 5 heteroatoms. The third-order valence-electron chi connectivity index (χ3n) is 6.65. The summed E-state index contributed by atoms with van der Waals surface area (Å²) in [6.45, 7) is 0.565. The molecule has 1 N–H and O–H groups in total. The molecule has 3 fully saturated rings. The molecule has 0 radical (unpaired) electrons. The molecule has 3 aliphatic carbocycles. The molecule has 1 heterocycles. The molecule has 142 valence electrons. The summed E-state index contributed by atoms with van der Waals surface area (Å²) in [5.74, 6) is 2.32. The fourth-order valence-corrected chi connectivity index (χ4v) is 5.33. The molecule has 1 aliphatic heterocycles. The van der Waals surface area contributed by atoms with E-state index in [1.807, 2.05) is 35.2 Å². The molecule has 2 amide bonds. The SMILES string of the molecule is COc1ccc(CN2C(=O)NC(C3CC3)(C3CC3)C3CC(Cl)=CC=C32)cc1. The highest BCUT2D eigenvalue weighted by molar-refractivity contribution is 6.29. The van der Waals surface area contributed by atoms with Gasteiger partial charge in [-0.15, -0.1) is 0 Å². The summed E-state index contributed by atoms with van der Waals surface area (Å²) in [5.41, 5.74) is 2.14. The Labute approximate surface area is 165 Å². The van der Waals surface area contributed by atoms with Crippen molar-refractivity contribution in [2.75, 3.05) is 7.11 Å². The Morgan fingerprint density at radius 1 is 1.15 bits per heavy atom. The maximum absolute atomic E-state index is 13.2. The van der Waals surface area contributed by atoms with Crippen LogP contribution in [-0.4, -0.2) is 23.6 Å². The van der Waals surface area contributed by atoms with E-state index in [4.69, 9.17) is 16.3 Å². The maximum atomic E-state index is 13.2. The van der Waals surface area contributed by atoms with E-state index in [1.165, 1.54) is 25.7 Å². The topological polar surface area (TPSA) is 41.6 Å². The van der Waals surface area contributed by atoms with Crippen LogP contribution in [0, 0.1) is 17.8 Å². The van der Waals surface area contributed by atoms with Crippen LogP contribution in [0.5, 0.6) is 5.75 Å². The largest absolute Gasteiger partial charge is 0.497 e. The summed E-state index contributed by atoms with van der Waals surface area (Å²) in [5, 5.41) is 4.40. The number of halogens is 1. The van der Waals surface area contributed by atoms with E-state index in [2.05, 4.69) is 11.4 Å². The number of rotatable bonds is 5. The van der Waals surface area contributed by atoms with Crippen LogP contribution in [0.3, 0.4) is 0 Å². The van der Waals surface area contributed by atoms with E-state index in [1.54, 1.807) is 7.11 Å². The van der Waals surface area contributed by atoms with Crippen molar-refractivity contribution in [1.29, 1.82) is 0 Å². The monoisotopic (exact) mass is 384 g/mol. The number of nitrogens with one attached hydrogen (secondary N) is 1. The van der Waals surface area contributed by atoms with Gasteiger partial charge in [0.2, 0.25) is 0 Å². The van der Waals surface area contributed by atoms with E-state index in [-0.39, 0.29) is 17.5 Å². The Morgan fingerprint density at radius 3 is 2.41 bits per heavy atom. The summed E-state index contributed by atoms with van der Waals surface area (Å²) in [4.78, 5) is 15.1. The van der Waals surface area contributed by atoms with Gasteiger partial charge in [0.1, 0.15) is 5.75 Å². The Balaban J connectivity index is 1.49. The number of hydrogen-bond acceptors (Lipinski definition) is 2. The van der Waals surface area contributed by atoms with E-state index in [0.717, 1.165) is 28.5 Å². The quantitative estimate of drug-likeness (QED) is 0.791. The van der Waals surface area contributed by atoms with Gasteiger partial charge < -0.3 is 10.1 Å². The molecule has 1 aromatic carbocycles. The fourth-order valence-electron chi connectivity index (χ4n) is 5.11. The molecule has 0 aromatic heterocycles. The second-order valence-corrected chi connectivity index (χ2v) is 8.79. The lowest BCUT2D eigenvalue weighted by molar-refractivity contribution is 0.0984. The zero-order valence-corrected chi connectivity index (χ0v) is 16.3. The number of urea groups is 1. The number of ether oxygens (including phenoxy) is 1. The molecule has 4 nitrogen and oxygen atoms in total. The second kappa shape index (κ2) is 6.30. The Bertz CT molecular complexity index is 809. The predicted octanol–water partition coefficient (Wildman–Crippen LogP) is 4.81. The number of methoxy groups -OCH3 is 1. The van der Waals surface area contributed by atoms with Gasteiger partial charge in [-0.05, 0) is 73.8 Å². The number of fused-ring (bicyclic) bond motifs is 1. The van der Waals surface area contributed by atoms with Crippen molar-refractivity contribution < 1.29 is 9.53 Å². The molecular formula is C22H25ClN2O2. The molecule has 2 saturated carbocycles. The average Bonchev–Trinajstić information content (AvgIpc) is 3.57. The molecule has 4 aliphatic rings. The lowest BCUT2D eigenvalue weighted by atomic mass is 9.69. The number of carbonyl (C=O) groups excluding carboxylic acids is 1. The minimum atomic E-state index is -0.0896. The van der Waals surface area contributed by atoms with Gasteiger partial charge in [-0.25, -0.2) is 4.79 Å². The summed E-state index contributed by atoms with van der Waals surface area (Å²) in [6, 6.07) is 7.98. The minimum absolute atomic E-state index is 0.0403. The normalized spacial score (nSPS) is 26.7. The molecular weight excluding hydrogens is 360 g/mol. The van der Waals surface area contributed by atoms with Crippen LogP contribution in [0.1, 0.15) is 37.7 Å². The highest BCUT2D eigenvalue weighted by Gasteiger charge is 2.62. The summed E-state index contributed by atoms with van der Waals surface area (Å²) in [7, 11) is 1.66. The number of allylic oxidation sites excluding steroid dienone is 3. The van der Waals surface area contributed by atoms with Gasteiger partial charge in [-0.3, -0.25) is 4.90 Å². The van der Waals surface area contributed by atoms with Crippen molar-refractivity contribution in [1.82, 2.24) is 10.2 Å². The fraction of sp³-hybridized carbons (Fsp3) is 0.500. The first-order valence-corrected chi connectivity index (χ1v) is 10.3. The van der Waals surface area contributed by atoms with Crippen molar-refractivity contribution >= 4 is 17.6 Å². The first kappa shape index (κ1) is 17.2. The van der Waals surface area contributed by atoms with Crippen molar-refractivity contribution in [3.8, 4) is 5.75 Å². The first-order valence-electron chi connectivity index (χ1n) is 9.90. The molecule has 1 atom stereocenters. The van der Waals surface area contributed by atoms with Crippen LogP contribution in [0.25, 0.3) is 0 Å². The highest BCUT2D eigenvalue weighted by Crippen LogP contribution is 2.60. The number of nitrogens with zero attached hydrogens (tertiary/aromatic N) is 1. The van der Waals surface area contributed by atoms with Crippen LogP contribution < -0.4 is 10.1 Å². The van der Waals surface area contributed by atoms with Gasteiger partial charge in [-0.2, -0.15) is 0 Å². The van der Waals surface area contributed by atoms with Gasteiger partial charge in [0.05, 0.1) is 19.2 Å². The van der Waals surface area contributed by atoms with Crippen molar-refractivity contribution in [2.45, 2.75) is 44.2 Å². The number of benzene rings is 1. The molecule has 1 aromatic rings. The molecule has 1 unspecified atom stereocenters. The van der Waals surface area contributed by atoms with E-state index < -0.39 is 0 Å².